The second-order valence-electron chi connectivity index (χ2n) is 7.17. The lowest BCUT2D eigenvalue weighted by atomic mass is 10.1. The van der Waals surface area contributed by atoms with E-state index in [0.29, 0.717) is 28.0 Å². The van der Waals surface area contributed by atoms with Crippen LogP contribution in [-0.4, -0.2) is 43.6 Å². The minimum atomic E-state index is -3.91. The predicted molar refractivity (Wildman–Crippen MR) is 122 cm³/mol. The monoisotopic (exact) mass is 471 g/mol. The number of hydrogen-bond acceptors (Lipinski definition) is 9. The summed E-state index contributed by atoms with van der Waals surface area (Å²) in [5.41, 5.74) is 1.42. The Morgan fingerprint density at radius 3 is 2.77 bits per heavy atom. The smallest absolute Gasteiger partial charge is 0.345 e. The highest BCUT2D eigenvalue weighted by atomic mass is 32.2. The zero-order chi connectivity index (χ0) is 22.1. The van der Waals surface area contributed by atoms with E-state index in [1.54, 1.807) is 11.6 Å². The van der Waals surface area contributed by atoms with Crippen molar-refractivity contribution < 1.29 is 17.9 Å². The summed E-state index contributed by atoms with van der Waals surface area (Å²) in [4.78, 5) is 4.54. The van der Waals surface area contributed by atoms with Gasteiger partial charge in [-0.2, -0.15) is 8.42 Å². The van der Waals surface area contributed by atoms with Crippen molar-refractivity contribution >= 4 is 50.9 Å². The van der Waals surface area contributed by atoms with Crippen molar-refractivity contribution in [1.82, 2.24) is 9.03 Å². The van der Waals surface area contributed by atoms with Crippen molar-refractivity contribution in [3.8, 4) is 5.75 Å². The lowest BCUT2D eigenvalue weighted by Gasteiger charge is -2.10. The molecule has 0 fully saturated rings. The Labute approximate surface area is 184 Å². The molecule has 0 saturated heterocycles. The third-order valence-electron chi connectivity index (χ3n) is 4.22. The second kappa shape index (κ2) is 9.00. The first kappa shape index (κ1) is 22.7. The molecule has 0 amide bonds. The van der Waals surface area contributed by atoms with Crippen molar-refractivity contribution in [2.75, 3.05) is 19.4 Å². The lowest BCUT2D eigenvalue weighted by molar-refractivity contribution is 0.460. The van der Waals surface area contributed by atoms with Gasteiger partial charge in [-0.3, -0.25) is 9.30 Å². The average molecular weight is 472 g/mol. The molecule has 0 bridgehead atoms. The molecule has 30 heavy (non-hydrogen) atoms. The zero-order valence-electron chi connectivity index (χ0n) is 17.3. The Kier molecular flexibility index (Phi) is 6.80. The lowest BCUT2D eigenvalue weighted by Crippen LogP contribution is -2.31. The van der Waals surface area contributed by atoms with Gasteiger partial charge in [0.25, 0.3) is 0 Å². The van der Waals surface area contributed by atoms with Gasteiger partial charge >= 0.3 is 10.2 Å². The van der Waals surface area contributed by atoms with Gasteiger partial charge in [0.05, 0.1) is 12.0 Å². The Hall–Kier alpha value is -2.02. The van der Waals surface area contributed by atoms with Crippen LogP contribution in [0.3, 0.4) is 0 Å². The van der Waals surface area contributed by atoms with Crippen LogP contribution in [0.2, 0.25) is 0 Å². The maximum Gasteiger partial charge on any atom is 0.345 e. The number of aromatic hydroxyl groups is 1. The van der Waals surface area contributed by atoms with E-state index in [1.807, 2.05) is 31.4 Å². The number of amidine groups is 2. The first-order chi connectivity index (χ1) is 14.1. The molecule has 9 nitrogen and oxygen atoms in total. The molecule has 164 valence electrons. The number of rotatable bonds is 7. The van der Waals surface area contributed by atoms with Crippen molar-refractivity contribution in [1.29, 1.82) is 0 Å². The van der Waals surface area contributed by atoms with E-state index in [0.717, 1.165) is 5.56 Å². The van der Waals surface area contributed by atoms with E-state index in [1.165, 1.54) is 23.3 Å². The fraction of sp³-hybridized carbons (Fsp3) is 0.444. The van der Waals surface area contributed by atoms with Crippen LogP contribution in [0.15, 0.2) is 35.7 Å². The Balaban J connectivity index is 1.88. The van der Waals surface area contributed by atoms with Gasteiger partial charge in [-0.05, 0) is 50.0 Å². The highest BCUT2D eigenvalue weighted by Gasteiger charge is 2.29. The number of hydrogen-bond donors (Lipinski definition) is 3. The molecule has 0 radical (unpaired) electrons. The van der Waals surface area contributed by atoms with E-state index < -0.39 is 10.2 Å². The Bertz CT molecular complexity index is 1070. The van der Waals surface area contributed by atoms with Crippen molar-refractivity contribution in [2.24, 2.45) is 9.39 Å². The molecule has 1 atom stereocenters. The van der Waals surface area contributed by atoms with Crippen LogP contribution in [0.25, 0.3) is 0 Å². The van der Waals surface area contributed by atoms with Gasteiger partial charge in [0.15, 0.2) is 17.4 Å². The summed E-state index contributed by atoms with van der Waals surface area (Å²) in [6.07, 6.45) is 2.30. The number of furan rings is 1. The molecule has 2 aromatic heterocycles. The summed E-state index contributed by atoms with van der Waals surface area (Å²) in [6, 6.07) is 1.56. The molecular weight excluding hydrogens is 446 g/mol. The SMILES string of the molecule is CC[C@@H](N=C1NS(=O)(=O)N=C1Nc1csc(SN(C)C)c1O)c1cc(C(C)C)co1. The zero-order valence-corrected chi connectivity index (χ0v) is 19.8. The molecular formula is C18H25N5O4S3. The van der Waals surface area contributed by atoms with E-state index in [2.05, 4.69) is 33.3 Å². The van der Waals surface area contributed by atoms with Gasteiger partial charge in [-0.15, -0.1) is 15.7 Å². The van der Waals surface area contributed by atoms with Gasteiger partial charge in [0, 0.05) is 5.38 Å². The van der Waals surface area contributed by atoms with Crippen LogP contribution in [0.5, 0.6) is 5.75 Å². The second-order valence-corrected chi connectivity index (χ2v) is 11.0. The molecule has 1 aliphatic rings. The molecule has 0 aromatic carbocycles. The van der Waals surface area contributed by atoms with Crippen LogP contribution in [0, 0.1) is 0 Å². The van der Waals surface area contributed by atoms with Crippen molar-refractivity contribution in [3.63, 3.8) is 0 Å². The van der Waals surface area contributed by atoms with Crippen LogP contribution in [0.4, 0.5) is 5.69 Å². The average Bonchev–Trinajstić information content (AvgIpc) is 3.33. The van der Waals surface area contributed by atoms with Gasteiger partial charge < -0.3 is 14.8 Å². The minimum Gasteiger partial charge on any atom is -0.504 e. The topological polar surface area (TPSA) is 120 Å². The maximum absolute atomic E-state index is 12.1. The molecule has 12 heteroatoms. The van der Waals surface area contributed by atoms with Crippen LogP contribution < -0.4 is 10.0 Å². The van der Waals surface area contributed by atoms with E-state index >= 15 is 0 Å². The van der Waals surface area contributed by atoms with Crippen molar-refractivity contribution in [2.45, 2.75) is 43.4 Å². The number of anilines is 1. The summed E-state index contributed by atoms with van der Waals surface area (Å²) < 4.78 is 38.4. The predicted octanol–water partition coefficient (Wildman–Crippen LogP) is 3.95. The summed E-state index contributed by atoms with van der Waals surface area (Å²) in [6.45, 7) is 6.07. The first-order valence-corrected chi connectivity index (χ1v) is 12.4. The highest BCUT2D eigenvalue weighted by Crippen LogP contribution is 2.41. The number of nitrogens with one attached hydrogen (secondary N) is 2. The third kappa shape index (κ3) is 5.17. The molecule has 0 aliphatic carbocycles. The summed E-state index contributed by atoms with van der Waals surface area (Å²) >= 11 is 2.70. The third-order valence-corrected chi connectivity index (χ3v) is 7.09. The molecule has 0 saturated carbocycles. The fourth-order valence-corrected chi connectivity index (χ4v) is 5.39. The summed E-state index contributed by atoms with van der Waals surface area (Å²) in [5, 5.41) is 15.0. The number of aliphatic imine (C=N–C) groups is 1. The molecule has 0 unspecified atom stereocenters. The summed E-state index contributed by atoms with van der Waals surface area (Å²) in [7, 11) is -0.183. The molecule has 0 spiro atoms. The van der Waals surface area contributed by atoms with E-state index in [-0.39, 0.29) is 23.5 Å². The van der Waals surface area contributed by atoms with Crippen molar-refractivity contribution in [3.05, 3.63) is 29.0 Å². The summed E-state index contributed by atoms with van der Waals surface area (Å²) in [5.74, 6) is 1.11. The van der Waals surface area contributed by atoms with E-state index in [9.17, 15) is 13.5 Å². The molecule has 3 rings (SSSR count). The fourth-order valence-electron chi connectivity index (χ4n) is 2.66. The molecule has 2 aromatic rings. The quantitative estimate of drug-likeness (QED) is 0.523. The number of nitrogens with zero attached hydrogens (tertiary/aromatic N) is 3. The van der Waals surface area contributed by atoms with Gasteiger partial charge in [-0.1, -0.05) is 20.8 Å². The largest absolute Gasteiger partial charge is 0.504 e. The Morgan fingerprint density at radius 1 is 1.43 bits per heavy atom. The maximum atomic E-state index is 12.1. The van der Waals surface area contributed by atoms with Gasteiger partial charge in [0.2, 0.25) is 0 Å². The minimum absolute atomic E-state index is 0.0265. The molecule has 3 heterocycles. The molecule has 3 N–H and O–H groups in total. The van der Waals surface area contributed by atoms with Crippen LogP contribution in [-0.2, 0) is 10.2 Å². The highest BCUT2D eigenvalue weighted by molar-refractivity contribution is 7.99. The van der Waals surface area contributed by atoms with Crippen LogP contribution >= 0.6 is 23.3 Å². The van der Waals surface area contributed by atoms with Crippen LogP contribution in [0.1, 0.15) is 50.5 Å². The van der Waals surface area contributed by atoms with Gasteiger partial charge in [-0.25, -0.2) is 4.72 Å². The molecule has 1 aliphatic heterocycles. The van der Waals surface area contributed by atoms with Gasteiger partial charge in [0.1, 0.15) is 16.0 Å². The first-order valence-electron chi connectivity index (χ1n) is 9.31. The normalized spacial score (nSPS) is 18.1. The number of thiophene rings is 1. The Morgan fingerprint density at radius 2 is 2.17 bits per heavy atom. The standard InChI is InChI=1S/C18H25N5O4S3/c1-6-12(14-7-11(8-27-14)10(2)3)19-16-17(22-30(25,26)21-16)20-13-9-28-18(15(13)24)29-23(4)5/h7-10,12,24H,6H2,1-5H3,(H,19,21)(H,20,22)/t12-/m1/s1. The van der Waals surface area contributed by atoms with E-state index in [4.69, 9.17) is 4.42 Å².